The molecule has 0 aromatic rings. The lowest BCUT2D eigenvalue weighted by molar-refractivity contribution is -0.310. The maximum Gasteiger partial charge on any atom is 0.217 e. The van der Waals surface area contributed by atoms with E-state index in [9.17, 15) is 19.1 Å². The first-order chi connectivity index (χ1) is 9.65. The van der Waals surface area contributed by atoms with Crippen molar-refractivity contribution in [3.8, 4) is 0 Å². The van der Waals surface area contributed by atoms with Gasteiger partial charge >= 0.3 is 0 Å². The summed E-state index contributed by atoms with van der Waals surface area (Å²) in [6, 6.07) is -0.728. The maximum absolute atomic E-state index is 11.3. The third-order valence-electron chi connectivity index (χ3n) is 3.55. The average molecular weight is 352 g/mol. The first kappa shape index (κ1) is 23.8. The second-order valence-electron chi connectivity index (χ2n) is 5.13. The van der Waals surface area contributed by atoms with Crippen LogP contribution < -0.4 is 38.9 Å². The summed E-state index contributed by atoms with van der Waals surface area (Å²) in [6.07, 6.45) is 2.35. The van der Waals surface area contributed by atoms with Gasteiger partial charge in [0.2, 0.25) is 5.91 Å². The molecule has 136 valence electrons. The van der Waals surface area contributed by atoms with Crippen LogP contribution in [0.4, 0.5) is 0 Å². The second kappa shape index (κ2) is 9.64. The van der Waals surface area contributed by atoms with Gasteiger partial charge in [0.15, 0.2) is 5.96 Å². The fourth-order valence-electron chi connectivity index (χ4n) is 2.64. The molecule has 1 amide bonds. The third kappa shape index (κ3) is 7.10. The predicted octanol–water partition coefficient (Wildman–Crippen LogP) is -0.497. The molecule has 0 aliphatic heterocycles. The van der Waals surface area contributed by atoms with Crippen LogP contribution in [0.1, 0.15) is 33.1 Å². The Balaban J connectivity index is 0. The predicted molar refractivity (Wildman–Crippen MR) is 87.9 cm³/mol. The molecule has 1 aliphatic carbocycles. The molecule has 0 bridgehead atoms. The number of allylic oxidation sites excluding steroid dienone is 1. The van der Waals surface area contributed by atoms with Crippen molar-refractivity contribution in [3.63, 3.8) is 0 Å². The molecule has 23 heavy (non-hydrogen) atoms. The number of quaternary nitrogens is 2. The van der Waals surface area contributed by atoms with E-state index in [-0.39, 0.29) is 47.9 Å². The van der Waals surface area contributed by atoms with Crippen LogP contribution in [0, 0.1) is 5.92 Å². The van der Waals surface area contributed by atoms with Crippen molar-refractivity contribution < 1.29 is 19.1 Å². The number of nitrogens with zero attached hydrogens (tertiary/aromatic N) is 1. The van der Waals surface area contributed by atoms with Gasteiger partial charge in [0.25, 0.3) is 0 Å². The molecule has 13 N–H and O–H groups in total. The van der Waals surface area contributed by atoms with Crippen LogP contribution in [-0.4, -0.2) is 24.0 Å². The number of hydrogen-bond acceptors (Lipinski definition) is 5. The number of guanidine groups is 1. The Hall–Kier alpha value is -1.45. The smallest absolute Gasteiger partial charge is 0.217 e. The Morgan fingerprint density at radius 2 is 2.04 bits per heavy atom. The molecule has 3 atom stereocenters. The molecule has 10 nitrogen and oxygen atoms in total. The summed E-state index contributed by atoms with van der Waals surface area (Å²) in [7, 11) is -4.79. The largest absolute Gasteiger partial charge is 0.808 e. The van der Waals surface area contributed by atoms with Crippen LogP contribution in [0.25, 0.3) is 0 Å². The van der Waals surface area contributed by atoms with Crippen LogP contribution in [0.15, 0.2) is 16.4 Å². The molecule has 0 saturated carbocycles. The van der Waals surface area contributed by atoms with Crippen LogP contribution in [0.3, 0.4) is 0 Å². The van der Waals surface area contributed by atoms with Crippen molar-refractivity contribution in [2.75, 3.05) is 0 Å². The SMILES string of the molecule is CC[C@H](NC(C)=O)[C@H]1CC=C(P(=O)([O-])[O-])C[C@@H]1N=C(N)N.[NH4+].[NH4+]. The average Bonchev–Trinajstić information content (AvgIpc) is 2.34. The highest BCUT2D eigenvalue weighted by atomic mass is 31.2. The van der Waals surface area contributed by atoms with E-state index in [0.717, 1.165) is 0 Å². The Morgan fingerprint density at radius 3 is 2.43 bits per heavy atom. The summed E-state index contributed by atoms with van der Waals surface area (Å²) in [5, 5.41) is 2.64. The molecule has 0 heterocycles. The fourth-order valence-corrected chi connectivity index (χ4v) is 3.38. The number of nitrogens with two attached hydrogens (primary N) is 2. The van der Waals surface area contributed by atoms with Gasteiger partial charge in [-0.2, -0.15) is 0 Å². The van der Waals surface area contributed by atoms with E-state index in [0.29, 0.717) is 12.8 Å². The van der Waals surface area contributed by atoms with Gasteiger partial charge in [0.05, 0.1) is 6.04 Å². The van der Waals surface area contributed by atoms with E-state index in [1.165, 1.54) is 13.0 Å². The quantitative estimate of drug-likeness (QED) is 0.248. The van der Waals surface area contributed by atoms with E-state index >= 15 is 0 Å². The lowest BCUT2D eigenvalue weighted by Gasteiger charge is -2.40. The van der Waals surface area contributed by atoms with Gasteiger partial charge in [-0.15, -0.1) is 0 Å². The van der Waals surface area contributed by atoms with Crippen molar-refractivity contribution in [1.29, 1.82) is 0 Å². The van der Waals surface area contributed by atoms with Crippen LogP contribution in [0.2, 0.25) is 0 Å². The van der Waals surface area contributed by atoms with Gasteiger partial charge in [-0.3, -0.25) is 4.79 Å². The van der Waals surface area contributed by atoms with E-state index in [1.807, 2.05) is 6.92 Å². The molecule has 0 aromatic carbocycles. The molecular formula is C12H29N6O4P. The second-order valence-corrected chi connectivity index (χ2v) is 6.70. The molecule has 11 heteroatoms. The molecule has 1 aliphatic rings. The van der Waals surface area contributed by atoms with Crippen LogP contribution in [-0.2, 0) is 9.36 Å². The summed E-state index contributed by atoms with van der Waals surface area (Å²) >= 11 is 0. The highest BCUT2D eigenvalue weighted by Gasteiger charge is 2.32. The molecule has 1 rings (SSSR count). The van der Waals surface area contributed by atoms with Crippen molar-refractivity contribution >= 4 is 19.5 Å². The number of carbonyl (C=O) groups is 1. The Morgan fingerprint density at radius 1 is 1.48 bits per heavy atom. The van der Waals surface area contributed by atoms with Crippen molar-refractivity contribution in [3.05, 3.63) is 11.4 Å². The number of rotatable bonds is 5. The first-order valence-corrected chi connectivity index (χ1v) is 8.26. The van der Waals surface area contributed by atoms with Gasteiger partial charge in [-0.1, -0.05) is 13.0 Å². The molecule has 0 saturated heterocycles. The first-order valence-electron chi connectivity index (χ1n) is 6.72. The van der Waals surface area contributed by atoms with Gasteiger partial charge in [-0.05, 0) is 32.2 Å². The van der Waals surface area contributed by atoms with Gasteiger partial charge in [0.1, 0.15) is 0 Å². The molecule has 0 fully saturated rings. The molecule has 0 unspecified atom stereocenters. The van der Waals surface area contributed by atoms with E-state index < -0.39 is 13.6 Å². The Kier molecular flexibility index (Phi) is 9.98. The number of nitrogens with one attached hydrogen (secondary N) is 1. The summed E-state index contributed by atoms with van der Waals surface area (Å²) < 4.78 is 11.2. The number of carbonyl (C=O) groups excluding carboxylic acids is 1. The highest BCUT2D eigenvalue weighted by Crippen LogP contribution is 2.44. The minimum absolute atomic E-state index is 0. The minimum Gasteiger partial charge on any atom is -0.808 e. The topological polar surface area (TPSA) is 230 Å². The van der Waals surface area contributed by atoms with Gasteiger partial charge in [-0.25, -0.2) is 4.99 Å². The van der Waals surface area contributed by atoms with E-state index in [2.05, 4.69) is 10.3 Å². The molecular weight excluding hydrogens is 323 g/mol. The number of aliphatic imine (C=N–C) groups is 1. The lowest BCUT2D eigenvalue weighted by atomic mass is 9.82. The number of hydrogen-bond donors (Lipinski definition) is 5. The standard InChI is InChI=1S/C12H23N4O4P.2H3N/c1-3-10(15-7(2)17)9-5-4-8(21(18,19)20)6-11(9)16-12(13)14;;/h4,9-11H,3,5-6H2,1-2H3,(H,15,17)(H4,13,14,16)(H2,18,19,20);2*1H3/t9-,10+,11+;;/m1../s1. The van der Waals surface area contributed by atoms with Crippen LogP contribution >= 0.6 is 7.60 Å². The van der Waals surface area contributed by atoms with Crippen molar-refractivity contribution in [1.82, 2.24) is 17.6 Å². The monoisotopic (exact) mass is 352 g/mol. The lowest BCUT2D eigenvalue weighted by Crippen LogP contribution is -2.45. The van der Waals surface area contributed by atoms with Crippen molar-refractivity contribution in [2.24, 2.45) is 22.4 Å². The summed E-state index contributed by atoms with van der Waals surface area (Å²) in [5.74, 6) is -0.509. The minimum atomic E-state index is -4.79. The van der Waals surface area contributed by atoms with Gasteiger partial charge < -0.3 is 43.4 Å². The van der Waals surface area contributed by atoms with E-state index in [1.54, 1.807) is 0 Å². The Labute approximate surface area is 136 Å². The third-order valence-corrected chi connectivity index (χ3v) is 4.62. The van der Waals surface area contributed by atoms with E-state index in [4.69, 9.17) is 11.5 Å². The van der Waals surface area contributed by atoms with Crippen molar-refractivity contribution in [2.45, 2.75) is 45.2 Å². The normalized spacial score (nSPS) is 21.8. The van der Waals surface area contributed by atoms with Gasteiger partial charge in [0, 0.05) is 18.9 Å². The summed E-state index contributed by atoms with van der Waals surface area (Å²) in [6.45, 7) is 3.31. The summed E-state index contributed by atoms with van der Waals surface area (Å²) in [5.41, 5.74) is 10.8. The summed E-state index contributed by atoms with van der Waals surface area (Å²) in [4.78, 5) is 37.6. The zero-order valence-electron chi connectivity index (χ0n) is 14.1. The highest BCUT2D eigenvalue weighted by molar-refractivity contribution is 7.53. The fraction of sp³-hybridized carbons (Fsp3) is 0.667. The zero-order chi connectivity index (χ0) is 16.2. The molecule has 0 spiro atoms. The molecule has 0 aromatic heterocycles. The Bertz CT molecular complexity index is 500. The number of amides is 1. The molecule has 0 radical (unpaired) electrons. The zero-order valence-corrected chi connectivity index (χ0v) is 15.0. The maximum atomic E-state index is 11.3. The van der Waals surface area contributed by atoms with Crippen LogP contribution in [0.5, 0.6) is 0 Å².